The average Bonchev–Trinajstić information content (AvgIpc) is 3.26. The largest absolute Gasteiger partial charge is 0.351 e. The van der Waals surface area contributed by atoms with Crippen LogP contribution in [0, 0.1) is 11.7 Å². The first-order valence-corrected chi connectivity index (χ1v) is 10.5. The Morgan fingerprint density at radius 1 is 1.10 bits per heavy atom. The zero-order valence-electron chi connectivity index (χ0n) is 16.9. The first-order valence-electron chi connectivity index (χ1n) is 10.5. The van der Waals surface area contributed by atoms with E-state index in [0.29, 0.717) is 45.2 Å². The van der Waals surface area contributed by atoms with Crippen molar-refractivity contribution in [1.29, 1.82) is 0 Å². The number of hydrogen-bond donors (Lipinski definition) is 2. The van der Waals surface area contributed by atoms with Crippen LogP contribution in [-0.2, 0) is 11.3 Å². The average molecular weight is 403 g/mol. The fraction of sp³-hybridized carbons (Fsp3) is 0.545. The van der Waals surface area contributed by atoms with Gasteiger partial charge in [0.05, 0.1) is 6.04 Å². The molecule has 0 aromatic heterocycles. The second kappa shape index (κ2) is 10.4. The van der Waals surface area contributed by atoms with Crippen molar-refractivity contribution in [2.24, 2.45) is 5.92 Å². The molecule has 1 aromatic rings. The summed E-state index contributed by atoms with van der Waals surface area (Å²) in [4.78, 5) is 29.3. The predicted octanol–water partition coefficient (Wildman–Crippen LogP) is 2.51. The predicted molar refractivity (Wildman–Crippen MR) is 111 cm³/mol. The van der Waals surface area contributed by atoms with Gasteiger partial charge in [0.15, 0.2) is 0 Å². The molecule has 1 saturated carbocycles. The monoisotopic (exact) mass is 402 g/mol. The quantitative estimate of drug-likeness (QED) is 0.689. The third-order valence-corrected chi connectivity index (χ3v) is 5.89. The smallest absolute Gasteiger partial charge is 0.317 e. The third-order valence-electron chi connectivity index (χ3n) is 5.89. The molecule has 1 atom stereocenters. The molecule has 2 aliphatic rings. The van der Waals surface area contributed by atoms with Gasteiger partial charge in [-0.15, -0.1) is 6.58 Å². The topological polar surface area (TPSA) is 64.7 Å². The Morgan fingerprint density at radius 3 is 2.38 bits per heavy atom. The molecule has 0 radical (unpaired) electrons. The maximum Gasteiger partial charge on any atom is 0.317 e. The standard InChI is InChI=1S/C22H31FN4O2/c1-2-11-24-22(29)27-14-12-26(13-15-27)20(18-5-3-4-6-18)21(28)25-16-17-7-9-19(23)10-8-17/h2,7-10,18,20H,1,3-6,11-16H2,(H,24,29)(H,25,28). The number of carbonyl (C=O) groups excluding carboxylic acids is 2. The molecule has 3 amide bonds. The summed E-state index contributed by atoms with van der Waals surface area (Å²) in [5, 5.41) is 5.86. The van der Waals surface area contributed by atoms with Gasteiger partial charge in [-0.3, -0.25) is 9.69 Å². The molecule has 3 rings (SSSR count). The number of piperazine rings is 1. The van der Waals surface area contributed by atoms with Gasteiger partial charge >= 0.3 is 6.03 Å². The Balaban J connectivity index is 1.58. The van der Waals surface area contributed by atoms with Gasteiger partial charge in [-0.1, -0.05) is 31.1 Å². The number of nitrogens with one attached hydrogen (secondary N) is 2. The molecule has 158 valence electrons. The number of hydrogen-bond acceptors (Lipinski definition) is 3. The number of amides is 3. The minimum atomic E-state index is -0.279. The molecule has 29 heavy (non-hydrogen) atoms. The Morgan fingerprint density at radius 2 is 1.76 bits per heavy atom. The van der Waals surface area contributed by atoms with Crippen molar-refractivity contribution in [3.63, 3.8) is 0 Å². The van der Waals surface area contributed by atoms with Crippen LogP contribution in [0.1, 0.15) is 31.2 Å². The first-order chi connectivity index (χ1) is 14.1. The van der Waals surface area contributed by atoms with Crippen molar-refractivity contribution in [2.45, 2.75) is 38.3 Å². The van der Waals surface area contributed by atoms with Crippen LogP contribution in [0.5, 0.6) is 0 Å². The van der Waals surface area contributed by atoms with E-state index in [9.17, 15) is 14.0 Å². The molecule has 1 heterocycles. The molecule has 1 aromatic carbocycles. The van der Waals surface area contributed by atoms with Crippen LogP contribution in [0.2, 0.25) is 0 Å². The van der Waals surface area contributed by atoms with Crippen LogP contribution in [0.25, 0.3) is 0 Å². The summed E-state index contributed by atoms with van der Waals surface area (Å²) in [7, 11) is 0. The Labute approximate surface area is 172 Å². The van der Waals surface area contributed by atoms with Gasteiger partial charge in [0.1, 0.15) is 5.82 Å². The number of nitrogens with zero attached hydrogens (tertiary/aromatic N) is 2. The summed E-state index contributed by atoms with van der Waals surface area (Å²) in [6.45, 7) is 7.06. The van der Waals surface area contributed by atoms with E-state index in [0.717, 1.165) is 31.2 Å². The lowest BCUT2D eigenvalue weighted by molar-refractivity contribution is -0.129. The van der Waals surface area contributed by atoms with Crippen LogP contribution < -0.4 is 10.6 Å². The summed E-state index contributed by atoms with van der Waals surface area (Å²) in [6, 6.07) is 5.96. The van der Waals surface area contributed by atoms with E-state index in [4.69, 9.17) is 0 Å². The highest BCUT2D eigenvalue weighted by molar-refractivity contribution is 5.82. The lowest BCUT2D eigenvalue weighted by Crippen LogP contribution is -2.58. The van der Waals surface area contributed by atoms with Crippen molar-refractivity contribution in [2.75, 3.05) is 32.7 Å². The Bertz CT molecular complexity index is 695. The van der Waals surface area contributed by atoms with Crippen LogP contribution in [0.4, 0.5) is 9.18 Å². The van der Waals surface area contributed by atoms with Gasteiger partial charge in [0.25, 0.3) is 0 Å². The SMILES string of the molecule is C=CCNC(=O)N1CCN(C(C(=O)NCc2ccc(F)cc2)C2CCCC2)CC1. The van der Waals surface area contributed by atoms with Gasteiger partial charge in [-0.2, -0.15) is 0 Å². The zero-order valence-corrected chi connectivity index (χ0v) is 16.9. The highest BCUT2D eigenvalue weighted by Crippen LogP contribution is 2.31. The highest BCUT2D eigenvalue weighted by Gasteiger charge is 2.37. The lowest BCUT2D eigenvalue weighted by Gasteiger charge is -2.40. The van der Waals surface area contributed by atoms with Crippen molar-refractivity contribution in [3.05, 3.63) is 48.3 Å². The van der Waals surface area contributed by atoms with E-state index in [1.807, 2.05) is 0 Å². The molecule has 7 heteroatoms. The molecule has 1 unspecified atom stereocenters. The van der Waals surface area contributed by atoms with Gasteiger partial charge in [-0.25, -0.2) is 9.18 Å². The second-order valence-electron chi connectivity index (χ2n) is 7.83. The third kappa shape index (κ3) is 5.79. The maximum absolute atomic E-state index is 13.1. The van der Waals surface area contributed by atoms with Gasteiger partial charge in [0.2, 0.25) is 5.91 Å². The van der Waals surface area contributed by atoms with E-state index >= 15 is 0 Å². The van der Waals surface area contributed by atoms with E-state index in [2.05, 4.69) is 22.1 Å². The van der Waals surface area contributed by atoms with Crippen molar-refractivity contribution < 1.29 is 14.0 Å². The molecule has 2 N–H and O–H groups in total. The van der Waals surface area contributed by atoms with Crippen LogP contribution in [0.3, 0.4) is 0 Å². The molecule has 0 bridgehead atoms. The summed E-state index contributed by atoms with van der Waals surface area (Å²) >= 11 is 0. The lowest BCUT2D eigenvalue weighted by atomic mass is 9.95. The van der Waals surface area contributed by atoms with Crippen molar-refractivity contribution in [1.82, 2.24) is 20.4 Å². The molecule has 1 aliphatic heterocycles. The van der Waals surface area contributed by atoms with E-state index in [-0.39, 0.29) is 23.8 Å². The second-order valence-corrected chi connectivity index (χ2v) is 7.83. The van der Waals surface area contributed by atoms with E-state index in [1.165, 1.54) is 12.1 Å². The molecule has 1 saturated heterocycles. The molecule has 1 aliphatic carbocycles. The van der Waals surface area contributed by atoms with Crippen LogP contribution in [0.15, 0.2) is 36.9 Å². The first kappa shape index (κ1) is 21.3. The molecular weight excluding hydrogens is 371 g/mol. The van der Waals surface area contributed by atoms with Gasteiger partial charge in [0, 0.05) is 39.3 Å². The van der Waals surface area contributed by atoms with Crippen molar-refractivity contribution in [3.8, 4) is 0 Å². The minimum absolute atomic E-state index is 0.0331. The van der Waals surface area contributed by atoms with Crippen LogP contribution in [-0.4, -0.2) is 60.5 Å². The van der Waals surface area contributed by atoms with E-state index < -0.39 is 0 Å². The number of carbonyl (C=O) groups is 2. The number of halogens is 1. The summed E-state index contributed by atoms with van der Waals surface area (Å²) in [5.41, 5.74) is 0.883. The fourth-order valence-corrected chi connectivity index (χ4v) is 4.32. The summed E-state index contributed by atoms with van der Waals surface area (Å²) in [5.74, 6) is 0.106. The number of benzene rings is 1. The fourth-order valence-electron chi connectivity index (χ4n) is 4.32. The normalized spacial score (nSPS) is 19.0. The zero-order chi connectivity index (χ0) is 20.6. The number of rotatable bonds is 7. The van der Waals surface area contributed by atoms with Gasteiger partial charge < -0.3 is 15.5 Å². The minimum Gasteiger partial charge on any atom is -0.351 e. The van der Waals surface area contributed by atoms with Gasteiger partial charge in [-0.05, 0) is 36.5 Å². The van der Waals surface area contributed by atoms with Crippen LogP contribution >= 0.6 is 0 Å². The summed E-state index contributed by atoms with van der Waals surface area (Å²) < 4.78 is 13.1. The van der Waals surface area contributed by atoms with E-state index in [1.54, 1.807) is 23.1 Å². The van der Waals surface area contributed by atoms with Crippen molar-refractivity contribution >= 4 is 11.9 Å². The highest BCUT2D eigenvalue weighted by atomic mass is 19.1. The maximum atomic E-state index is 13.1. The molecular formula is C22H31FN4O2. The molecule has 2 fully saturated rings. The molecule has 6 nitrogen and oxygen atoms in total. The molecule has 0 spiro atoms. The summed E-state index contributed by atoms with van der Waals surface area (Å²) in [6.07, 6.45) is 6.12. The Hall–Kier alpha value is -2.41. The number of urea groups is 1. The Kier molecular flexibility index (Phi) is 7.63.